The maximum absolute atomic E-state index is 11.6. The Morgan fingerprint density at radius 2 is 2.44 bits per heavy atom. The zero-order chi connectivity index (χ0) is 13.1. The SMILES string of the molecule is COC(=O)C1CCCN1c1ncccc1[N+](=O)[O-]. The van der Waals surface area contributed by atoms with Crippen LogP contribution in [0.3, 0.4) is 0 Å². The molecule has 7 nitrogen and oxygen atoms in total. The van der Waals surface area contributed by atoms with Gasteiger partial charge in [-0.25, -0.2) is 9.78 Å². The van der Waals surface area contributed by atoms with E-state index in [4.69, 9.17) is 4.74 Å². The fourth-order valence-corrected chi connectivity index (χ4v) is 2.15. The van der Waals surface area contributed by atoms with E-state index in [0.717, 1.165) is 6.42 Å². The lowest BCUT2D eigenvalue weighted by Crippen LogP contribution is -2.37. The molecular weight excluding hydrogens is 238 g/mol. The first-order valence-corrected chi connectivity index (χ1v) is 5.59. The number of esters is 1. The second-order valence-corrected chi connectivity index (χ2v) is 3.98. The number of anilines is 1. The molecule has 0 aromatic carbocycles. The van der Waals surface area contributed by atoms with Crippen LogP contribution in [-0.4, -0.2) is 35.6 Å². The number of methoxy groups -OCH3 is 1. The quantitative estimate of drug-likeness (QED) is 0.455. The Bertz CT molecular complexity index is 477. The molecule has 1 unspecified atom stereocenters. The van der Waals surface area contributed by atoms with Crippen LogP contribution in [0, 0.1) is 10.1 Å². The van der Waals surface area contributed by atoms with Crippen molar-refractivity contribution in [1.82, 2.24) is 4.98 Å². The van der Waals surface area contributed by atoms with Crippen LogP contribution in [0.15, 0.2) is 18.3 Å². The minimum Gasteiger partial charge on any atom is -0.467 e. The van der Waals surface area contributed by atoms with Crippen molar-refractivity contribution in [3.05, 3.63) is 28.4 Å². The van der Waals surface area contributed by atoms with E-state index in [1.807, 2.05) is 0 Å². The Kier molecular flexibility index (Phi) is 3.40. The van der Waals surface area contributed by atoms with Crippen LogP contribution in [-0.2, 0) is 9.53 Å². The van der Waals surface area contributed by atoms with Crippen LogP contribution < -0.4 is 4.90 Å². The Hall–Kier alpha value is -2.18. The molecule has 0 bridgehead atoms. The van der Waals surface area contributed by atoms with Crippen LogP contribution in [0.25, 0.3) is 0 Å². The number of nitro groups is 1. The van der Waals surface area contributed by atoms with Gasteiger partial charge in [0.2, 0.25) is 5.82 Å². The van der Waals surface area contributed by atoms with Gasteiger partial charge in [0, 0.05) is 18.8 Å². The van der Waals surface area contributed by atoms with Gasteiger partial charge in [0.1, 0.15) is 6.04 Å². The summed E-state index contributed by atoms with van der Waals surface area (Å²) < 4.78 is 4.71. The standard InChI is InChI=1S/C11H13N3O4/c1-18-11(15)9-5-3-7-13(9)10-8(14(16)17)4-2-6-12-10/h2,4,6,9H,3,5,7H2,1H3. The second-order valence-electron chi connectivity index (χ2n) is 3.98. The first-order chi connectivity index (χ1) is 8.65. The second kappa shape index (κ2) is 4.99. The van der Waals surface area contributed by atoms with E-state index in [0.29, 0.717) is 13.0 Å². The molecule has 18 heavy (non-hydrogen) atoms. The molecule has 1 atom stereocenters. The summed E-state index contributed by atoms with van der Waals surface area (Å²) in [6.45, 7) is 0.567. The van der Waals surface area contributed by atoms with E-state index >= 15 is 0 Å². The highest BCUT2D eigenvalue weighted by molar-refractivity contribution is 5.81. The number of hydrogen-bond acceptors (Lipinski definition) is 6. The first-order valence-electron chi connectivity index (χ1n) is 5.59. The smallest absolute Gasteiger partial charge is 0.328 e. The highest BCUT2D eigenvalue weighted by atomic mass is 16.6. The zero-order valence-electron chi connectivity index (χ0n) is 9.91. The molecule has 1 aromatic heterocycles. The minimum absolute atomic E-state index is 0.0895. The zero-order valence-corrected chi connectivity index (χ0v) is 9.91. The minimum atomic E-state index is -0.491. The molecule has 0 N–H and O–H groups in total. The van der Waals surface area contributed by atoms with Crippen LogP contribution in [0.2, 0.25) is 0 Å². The molecule has 96 valence electrons. The highest BCUT2D eigenvalue weighted by Gasteiger charge is 2.35. The van der Waals surface area contributed by atoms with Gasteiger partial charge in [0.05, 0.1) is 12.0 Å². The number of carbonyl (C=O) groups excluding carboxylic acids is 1. The molecule has 1 aliphatic heterocycles. The molecule has 7 heteroatoms. The van der Waals surface area contributed by atoms with Crippen molar-refractivity contribution in [3.8, 4) is 0 Å². The highest BCUT2D eigenvalue weighted by Crippen LogP contribution is 2.31. The van der Waals surface area contributed by atoms with E-state index in [1.54, 1.807) is 4.90 Å². The Morgan fingerprint density at radius 1 is 1.67 bits per heavy atom. The van der Waals surface area contributed by atoms with Gasteiger partial charge >= 0.3 is 11.7 Å². The van der Waals surface area contributed by atoms with Crippen molar-refractivity contribution >= 4 is 17.5 Å². The maximum atomic E-state index is 11.6. The first kappa shape index (κ1) is 12.3. The van der Waals surface area contributed by atoms with Gasteiger partial charge in [0.25, 0.3) is 0 Å². The lowest BCUT2D eigenvalue weighted by Gasteiger charge is -2.22. The summed E-state index contributed by atoms with van der Waals surface area (Å²) in [4.78, 5) is 27.7. The summed E-state index contributed by atoms with van der Waals surface area (Å²) in [7, 11) is 1.31. The normalized spacial score (nSPS) is 18.7. The van der Waals surface area contributed by atoms with Crippen LogP contribution in [0.1, 0.15) is 12.8 Å². The average molecular weight is 251 g/mol. The van der Waals surface area contributed by atoms with Gasteiger partial charge in [0.15, 0.2) is 0 Å². The molecular formula is C11H13N3O4. The van der Waals surface area contributed by atoms with Crippen molar-refractivity contribution in [2.45, 2.75) is 18.9 Å². The number of aromatic nitrogens is 1. The molecule has 0 aliphatic carbocycles. The molecule has 1 fully saturated rings. The summed E-state index contributed by atoms with van der Waals surface area (Å²) in [6, 6.07) is 2.41. The van der Waals surface area contributed by atoms with Crippen LogP contribution in [0.5, 0.6) is 0 Å². The fraction of sp³-hybridized carbons (Fsp3) is 0.455. The van der Waals surface area contributed by atoms with Crippen LogP contribution in [0.4, 0.5) is 11.5 Å². The van der Waals surface area contributed by atoms with Crippen molar-refractivity contribution in [1.29, 1.82) is 0 Å². The molecule has 0 radical (unpaired) electrons. The molecule has 2 rings (SSSR count). The Labute approximate surface area is 104 Å². The van der Waals surface area contributed by atoms with Gasteiger partial charge in [-0.1, -0.05) is 0 Å². The number of rotatable bonds is 3. The van der Waals surface area contributed by atoms with E-state index in [-0.39, 0.29) is 17.5 Å². The number of pyridine rings is 1. The topological polar surface area (TPSA) is 85.6 Å². The van der Waals surface area contributed by atoms with Gasteiger partial charge in [-0.05, 0) is 18.9 Å². The predicted molar refractivity (Wildman–Crippen MR) is 63.3 cm³/mol. The summed E-state index contributed by atoms with van der Waals surface area (Å²) in [6.07, 6.45) is 2.89. The van der Waals surface area contributed by atoms with E-state index in [9.17, 15) is 14.9 Å². The summed E-state index contributed by atoms with van der Waals surface area (Å²) in [5, 5.41) is 10.9. The summed E-state index contributed by atoms with van der Waals surface area (Å²) in [5.41, 5.74) is -0.0895. The third kappa shape index (κ3) is 2.11. The summed E-state index contributed by atoms with van der Waals surface area (Å²) in [5.74, 6) is -0.150. The lowest BCUT2D eigenvalue weighted by molar-refractivity contribution is -0.384. The third-order valence-electron chi connectivity index (χ3n) is 2.96. The van der Waals surface area contributed by atoms with Crippen LogP contribution >= 0.6 is 0 Å². The van der Waals surface area contributed by atoms with Crippen molar-refractivity contribution < 1.29 is 14.5 Å². The maximum Gasteiger partial charge on any atom is 0.328 e. The molecule has 1 aliphatic rings. The van der Waals surface area contributed by atoms with Crippen molar-refractivity contribution in [3.63, 3.8) is 0 Å². The average Bonchev–Trinajstić information content (AvgIpc) is 2.86. The Morgan fingerprint density at radius 3 is 3.11 bits per heavy atom. The number of carbonyl (C=O) groups is 1. The molecule has 1 saturated heterocycles. The molecule has 0 saturated carbocycles. The molecule has 2 heterocycles. The van der Waals surface area contributed by atoms with Gasteiger partial charge in [-0.3, -0.25) is 10.1 Å². The molecule has 0 spiro atoms. The third-order valence-corrected chi connectivity index (χ3v) is 2.96. The molecule has 0 amide bonds. The number of ether oxygens (including phenoxy) is 1. The monoisotopic (exact) mass is 251 g/mol. The Balaban J connectivity index is 2.36. The summed E-state index contributed by atoms with van der Waals surface area (Å²) >= 11 is 0. The number of hydrogen-bond donors (Lipinski definition) is 0. The van der Waals surface area contributed by atoms with Gasteiger partial charge < -0.3 is 9.64 Å². The van der Waals surface area contributed by atoms with E-state index in [1.165, 1.54) is 25.4 Å². The van der Waals surface area contributed by atoms with Crippen molar-refractivity contribution in [2.75, 3.05) is 18.6 Å². The van der Waals surface area contributed by atoms with E-state index < -0.39 is 11.0 Å². The largest absolute Gasteiger partial charge is 0.467 e. The lowest BCUT2D eigenvalue weighted by atomic mass is 10.2. The number of nitrogens with zero attached hydrogens (tertiary/aromatic N) is 3. The van der Waals surface area contributed by atoms with E-state index in [2.05, 4.69) is 4.98 Å². The van der Waals surface area contributed by atoms with Gasteiger partial charge in [-0.2, -0.15) is 0 Å². The predicted octanol–water partition coefficient (Wildman–Crippen LogP) is 1.13. The molecule has 1 aromatic rings. The van der Waals surface area contributed by atoms with Gasteiger partial charge in [-0.15, -0.1) is 0 Å². The fourth-order valence-electron chi connectivity index (χ4n) is 2.15. The van der Waals surface area contributed by atoms with Crippen molar-refractivity contribution in [2.24, 2.45) is 0 Å².